The van der Waals surface area contributed by atoms with Gasteiger partial charge in [-0.15, -0.1) is 53.8 Å². The predicted molar refractivity (Wildman–Crippen MR) is 140 cm³/mol. The largest absolute Gasteiger partial charge is 1.00 e. The average molecular weight is 572 g/mol. The number of benzene rings is 1. The number of Topliss-reactive ketones (excluding diaryl/α,β-unsaturated/α-hetero) is 1. The molecule has 0 aliphatic rings. The van der Waals surface area contributed by atoms with Crippen LogP contribution in [0.15, 0.2) is 58.8 Å². The zero-order chi connectivity index (χ0) is 28.6. The number of likely N-dealkylation sites (N-methyl/N-ethyl adjacent to an activating group) is 1. The van der Waals surface area contributed by atoms with Gasteiger partial charge in [0.25, 0.3) is 0 Å². The van der Waals surface area contributed by atoms with Crippen LogP contribution in [0.4, 0.5) is 17.6 Å². The molecule has 1 aromatic heterocycles. The number of allylic oxidation sites excluding steroid dienone is 4. The molecule has 0 bridgehead atoms. The van der Waals surface area contributed by atoms with Gasteiger partial charge in [-0.05, 0) is 37.4 Å². The summed E-state index contributed by atoms with van der Waals surface area (Å²) < 4.78 is 48.0. The van der Waals surface area contributed by atoms with Gasteiger partial charge in [0, 0.05) is 12.0 Å². The maximum Gasteiger partial charge on any atom is 1.00 e. The fourth-order valence-corrected chi connectivity index (χ4v) is 2.57. The number of carbonyl (C=O) groups is 1. The summed E-state index contributed by atoms with van der Waals surface area (Å²) in [5.41, 5.74) is 2.14. The van der Waals surface area contributed by atoms with Gasteiger partial charge in [-0.2, -0.15) is 37.4 Å². The Morgan fingerprint density at radius 2 is 1.95 bits per heavy atom. The van der Waals surface area contributed by atoms with E-state index in [0.717, 1.165) is 11.8 Å². The molecular weight excluding hydrogens is 545 g/mol. The van der Waals surface area contributed by atoms with Crippen LogP contribution in [0.25, 0.3) is 0 Å². The topological polar surface area (TPSA) is 54.4 Å². The Morgan fingerprint density at radius 1 is 1.32 bits per heavy atom. The number of halogens is 5. The van der Waals surface area contributed by atoms with Crippen molar-refractivity contribution in [3.8, 4) is 12.8 Å². The molecule has 0 aliphatic carbocycles. The minimum atomic E-state index is -4.32. The Morgan fingerprint density at radius 3 is 2.42 bits per heavy atom. The minimum Gasteiger partial charge on any atom is -0.439 e. The van der Waals surface area contributed by atoms with Gasteiger partial charge in [0.05, 0.1) is 5.78 Å². The van der Waals surface area contributed by atoms with Crippen molar-refractivity contribution in [2.24, 2.45) is 10.9 Å². The van der Waals surface area contributed by atoms with Crippen molar-refractivity contribution in [3.05, 3.63) is 100 Å². The number of aliphatic imine (C=N–C) groups is 1. The van der Waals surface area contributed by atoms with Crippen LogP contribution in [0.1, 0.15) is 28.7 Å². The third-order valence-corrected chi connectivity index (χ3v) is 4.56. The molecule has 10 heteroatoms. The summed E-state index contributed by atoms with van der Waals surface area (Å²) in [6.07, 6.45) is 9.50. The smallest absolute Gasteiger partial charge is 0.439 e. The quantitative estimate of drug-likeness (QED) is 0.0771. The Hall–Kier alpha value is -2.06. The second-order valence-corrected chi connectivity index (χ2v) is 7.73. The zero-order valence-electron chi connectivity index (χ0n) is 21.8. The first-order chi connectivity index (χ1) is 17.3. The first kappa shape index (κ1) is 38.1. The molecule has 198 valence electrons. The van der Waals surface area contributed by atoms with E-state index in [2.05, 4.69) is 40.3 Å². The Labute approximate surface area is 269 Å². The molecule has 2 rings (SSSR count). The van der Waals surface area contributed by atoms with E-state index in [1.165, 1.54) is 18.2 Å². The molecule has 0 amide bonds. The number of pyridine rings is 1. The molecule has 4 nitrogen and oxygen atoms in total. The first-order valence-corrected chi connectivity index (χ1v) is 11.0. The van der Waals surface area contributed by atoms with Crippen LogP contribution in [-0.2, 0) is 0 Å². The van der Waals surface area contributed by atoms with Crippen molar-refractivity contribution in [3.63, 3.8) is 0 Å². The van der Waals surface area contributed by atoms with Gasteiger partial charge >= 0.3 is 57.6 Å². The Kier molecular flexibility index (Phi) is 20.0. The van der Waals surface area contributed by atoms with Gasteiger partial charge < -0.3 is 10.1 Å². The normalized spacial score (nSPS) is 11.9. The maximum absolute atomic E-state index is 12.5. The number of aryl methyl sites for hydroxylation is 2. The van der Waals surface area contributed by atoms with Crippen LogP contribution in [-0.4, -0.2) is 36.8 Å². The van der Waals surface area contributed by atoms with Crippen molar-refractivity contribution < 1.29 is 73.7 Å². The van der Waals surface area contributed by atoms with Crippen molar-refractivity contribution in [1.82, 2.24) is 10.3 Å². The van der Waals surface area contributed by atoms with Gasteiger partial charge in [-0.1, -0.05) is 30.6 Å². The first-order valence-electron chi connectivity index (χ1n) is 10.7. The summed E-state index contributed by atoms with van der Waals surface area (Å²) in [5, 5.41) is 3.26. The average Bonchev–Trinajstić information content (AvgIpc) is 2.84. The van der Waals surface area contributed by atoms with Gasteiger partial charge in [0.1, 0.15) is 6.54 Å². The fourth-order valence-electron chi connectivity index (χ4n) is 2.42. The van der Waals surface area contributed by atoms with Crippen molar-refractivity contribution in [2.75, 3.05) is 13.6 Å². The molecule has 0 saturated heterocycles. The van der Waals surface area contributed by atoms with E-state index in [4.69, 9.17) is 18.2 Å². The standard InChI is InChI=1S/C20H22F3N3O.C6H3ClF.C2H2.K/c1-13(7-6-10-25-12-20(21,22)23)11-18(24-5)15(3)19(27)17-9-8-14(2)16(4)26-17;7-5-2-1-3-6(8)4-5;1-2;/h3,6-8,10-11,13,24H,12H2,1-2,4-5H3;1-2,4H;1-2H;/q-2;-1;;+1/b7-6?,18-11-,25-10?;;;. The van der Waals surface area contributed by atoms with Crippen molar-refractivity contribution in [1.29, 1.82) is 0 Å². The summed E-state index contributed by atoms with van der Waals surface area (Å²) in [6, 6.07) is 11.0. The van der Waals surface area contributed by atoms with E-state index in [1.54, 1.807) is 45.2 Å². The number of nitrogens with one attached hydrogen (secondary N) is 1. The molecular formula is C28H27ClF4KN3O-2. The van der Waals surface area contributed by atoms with E-state index in [0.29, 0.717) is 16.4 Å². The number of carbonyl (C=O) groups excluding carboxylic acids is 1. The summed E-state index contributed by atoms with van der Waals surface area (Å²) in [7, 11) is 1.62. The number of terminal acetylenes is 1. The molecule has 1 unspecified atom stereocenters. The number of rotatable bonds is 8. The molecule has 1 aromatic carbocycles. The molecule has 0 spiro atoms. The van der Waals surface area contributed by atoms with Crippen molar-refractivity contribution >= 4 is 23.6 Å². The monoisotopic (exact) mass is 571 g/mol. The summed E-state index contributed by atoms with van der Waals surface area (Å²) in [6.45, 7) is 10.2. The molecule has 0 saturated carbocycles. The Balaban J connectivity index is 0. The number of nitrogens with zero attached hydrogens (tertiary/aromatic N) is 2. The van der Waals surface area contributed by atoms with E-state index in [-0.39, 0.29) is 68.6 Å². The van der Waals surface area contributed by atoms with Crippen LogP contribution in [0.2, 0.25) is 5.02 Å². The molecule has 1 heterocycles. The molecule has 0 radical (unpaired) electrons. The van der Waals surface area contributed by atoms with Gasteiger partial charge in [-0.25, -0.2) is 11.0 Å². The summed E-state index contributed by atoms with van der Waals surface area (Å²) >= 11 is 5.38. The van der Waals surface area contributed by atoms with Crippen LogP contribution >= 0.6 is 11.6 Å². The van der Waals surface area contributed by atoms with E-state index in [9.17, 15) is 22.4 Å². The van der Waals surface area contributed by atoms with E-state index >= 15 is 0 Å². The number of ketones is 1. The predicted octanol–water partition coefficient (Wildman–Crippen LogP) is 3.50. The fraction of sp³-hybridized carbons (Fsp3) is 0.250. The number of hydrogen-bond donors (Lipinski definition) is 1. The minimum absolute atomic E-state index is 0. The van der Waals surface area contributed by atoms with Crippen LogP contribution in [0.3, 0.4) is 0 Å². The molecule has 2 aromatic rings. The summed E-state index contributed by atoms with van der Waals surface area (Å²) in [4.78, 5) is 20.0. The molecule has 1 atom stereocenters. The van der Waals surface area contributed by atoms with Gasteiger partial charge in [0.2, 0.25) is 0 Å². The number of alkyl halides is 3. The molecule has 1 N–H and O–H groups in total. The summed E-state index contributed by atoms with van der Waals surface area (Å²) in [5.74, 6) is -1.08. The Bertz CT molecular complexity index is 1140. The van der Waals surface area contributed by atoms with Crippen LogP contribution in [0.5, 0.6) is 0 Å². The maximum atomic E-state index is 12.5. The van der Waals surface area contributed by atoms with Gasteiger partial charge in [0.15, 0.2) is 0 Å². The zero-order valence-corrected chi connectivity index (χ0v) is 25.7. The molecule has 38 heavy (non-hydrogen) atoms. The number of hydrogen-bond acceptors (Lipinski definition) is 4. The van der Waals surface area contributed by atoms with E-state index in [1.807, 2.05) is 6.92 Å². The second-order valence-electron chi connectivity index (χ2n) is 7.29. The van der Waals surface area contributed by atoms with Crippen LogP contribution in [0, 0.1) is 57.1 Å². The van der Waals surface area contributed by atoms with Crippen LogP contribution < -0.4 is 56.7 Å². The van der Waals surface area contributed by atoms with Gasteiger partial charge in [-0.3, -0.25) is 9.98 Å². The SMILES string of the molecule is C#C.Fc1[c-]ccc(Cl)c1.[CH-]=C(C(=O)c1[c-]cc(C)c(C)n1)/C(=C/C(C)C=CC=NCC(F)(F)F)NC.[K+]. The molecule has 0 aliphatic heterocycles. The third kappa shape index (κ3) is 16.0. The molecule has 0 fully saturated rings. The van der Waals surface area contributed by atoms with E-state index < -0.39 is 24.3 Å². The van der Waals surface area contributed by atoms with Crippen molar-refractivity contribution in [2.45, 2.75) is 26.9 Å². The third-order valence-electron chi connectivity index (χ3n) is 4.33. The number of aromatic nitrogens is 1. The second kappa shape index (κ2) is 19.9.